The summed E-state index contributed by atoms with van der Waals surface area (Å²) in [6, 6.07) is 27.9. The van der Waals surface area contributed by atoms with Gasteiger partial charge in [0.05, 0.1) is 28.6 Å². The number of hydrogen-bond donors (Lipinski definition) is 1. The highest BCUT2D eigenvalue weighted by Gasteiger charge is 2.27. The number of fused-ring (bicyclic) bond motifs is 2. The lowest BCUT2D eigenvalue weighted by atomic mass is 10.1. The predicted octanol–water partition coefficient (Wildman–Crippen LogP) is 11.7. The minimum atomic E-state index is -4.29. The number of aromatic nitrogens is 1. The van der Waals surface area contributed by atoms with Gasteiger partial charge in [-0.05, 0) is 109 Å². The summed E-state index contributed by atoms with van der Waals surface area (Å²) in [5, 5.41) is 8.21. The number of hydrazone groups is 1. The molecule has 292 valence electrons. The topological polar surface area (TPSA) is 73.2 Å². The molecule has 0 aliphatic carbocycles. The summed E-state index contributed by atoms with van der Waals surface area (Å²) in [6.45, 7) is 2.51. The van der Waals surface area contributed by atoms with Crippen LogP contribution in [0.4, 0.5) is 22.7 Å². The number of halogens is 4. The molecule has 6 aromatic rings. The van der Waals surface area contributed by atoms with Gasteiger partial charge in [-0.2, -0.15) is 30.9 Å². The summed E-state index contributed by atoms with van der Waals surface area (Å²) in [4.78, 5) is 17.6. The largest absolute Gasteiger partial charge is 0.494 e. The quantitative estimate of drug-likeness (QED) is 0.0177. The summed E-state index contributed by atoms with van der Waals surface area (Å²) < 4.78 is 72.5. The lowest BCUT2D eigenvalue weighted by Gasteiger charge is -2.17. The van der Waals surface area contributed by atoms with Crippen LogP contribution in [0.15, 0.2) is 102 Å². The maximum absolute atomic E-state index is 15.2. The standard InChI is InChI=1S/C43H41F4N3O4S2/c1-29-11-17-38(34(23-29)27-48-50(20-8-19-43(45,46)47)42-49-37-9-4-5-10-40(37)56-42)53-28-30-12-18-39(36(44)24-30)54-41(51)33-14-13-32-26-35(16-15-31(32)25-33)52-21-6-2-3-7-22-55/h4-5,9-18,23-27,55H,2-3,6-8,19-22,28H2,1H3/b48-27+. The first-order valence-electron chi connectivity index (χ1n) is 18.3. The molecule has 0 bridgehead atoms. The third-order valence-corrected chi connectivity index (χ3v) is 10.2. The van der Waals surface area contributed by atoms with Gasteiger partial charge in [-0.25, -0.2) is 19.2 Å². The molecule has 56 heavy (non-hydrogen) atoms. The number of nitrogens with zero attached hydrogens (tertiary/aromatic N) is 3. The van der Waals surface area contributed by atoms with Crippen molar-refractivity contribution < 1.29 is 36.6 Å². The first-order chi connectivity index (χ1) is 27.0. The van der Waals surface area contributed by atoms with Gasteiger partial charge in [0.15, 0.2) is 11.6 Å². The van der Waals surface area contributed by atoms with Crippen molar-refractivity contribution in [1.82, 2.24) is 4.98 Å². The highest BCUT2D eigenvalue weighted by molar-refractivity contribution is 7.80. The second-order valence-corrected chi connectivity index (χ2v) is 14.7. The average Bonchev–Trinajstić information content (AvgIpc) is 3.62. The number of alkyl halides is 3. The maximum atomic E-state index is 15.2. The number of anilines is 1. The van der Waals surface area contributed by atoms with Gasteiger partial charge >= 0.3 is 12.1 Å². The highest BCUT2D eigenvalue weighted by Crippen LogP contribution is 2.31. The minimum absolute atomic E-state index is 0.00293. The van der Waals surface area contributed by atoms with Gasteiger partial charge in [0.1, 0.15) is 18.1 Å². The van der Waals surface area contributed by atoms with Crippen molar-refractivity contribution in [1.29, 1.82) is 0 Å². The summed E-state index contributed by atoms with van der Waals surface area (Å²) in [5.41, 5.74) is 2.97. The van der Waals surface area contributed by atoms with E-state index >= 15 is 4.39 Å². The molecule has 0 fully saturated rings. The fraction of sp³-hybridized carbons (Fsp3) is 0.279. The second-order valence-electron chi connectivity index (χ2n) is 13.2. The van der Waals surface area contributed by atoms with Gasteiger partial charge in [-0.3, -0.25) is 0 Å². The van der Waals surface area contributed by atoms with Crippen LogP contribution >= 0.6 is 24.0 Å². The van der Waals surface area contributed by atoms with Crippen LogP contribution in [0.25, 0.3) is 21.0 Å². The zero-order chi connectivity index (χ0) is 39.5. The number of aryl methyl sites for hydroxylation is 1. The molecule has 0 saturated carbocycles. The van der Waals surface area contributed by atoms with Gasteiger partial charge in [0.2, 0.25) is 5.13 Å². The molecule has 0 saturated heterocycles. The number of carbonyl (C=O) groups excluding carboxylic acids is 1. The molecule has 7 nitrogen and oxygen atoms in total. The molecule has 0 unspecified atom stereocenters. The number of unbranched alkanes of at least 4 members (excludes halogenated alkanes) is 3. The number of hydrogen-bond acceptors (Lipinski definition) is 9. The summed E-state index contributed by atoms with van der Waals surface area (Å²) in [6.07, 6.45) is 0.422. The van der Waals surface area contributed by atoms with E-state index in [1.54, 1.807) is 30.3 Å². The normalized spacial score (nSPS) is 11.8. The molecule has 5 aromatic carbocycles. The number of benzene rings is 5. The molecular formula is C43H41F4N3O4S2. The van der Waals surface area contributed by atoms with Gasteiger partial charge < -0.3 is 14.2 Å². The van der Waals surface area contributed by atoms with Gasteiger partial charge in [-0.1, -0.05) is 66.1 Å². The summed E-state index contributed by atoms with van der Waals surface area (Å²) in [7, 11) is 0. The molecule has 0 spiro atoms. The Kier molecular flexibility index (Phi) is 13.8. The van der Waals surface area contributed by atoms with E-state index in [0.29, 0.717) is 28.6 Å². The van der Waals surface area contributed by atoms with E-state index in [0.717, 1.165) is 63.7 Å². The third kappa shape index (κ3) is 11.5. The predicted molar refractivity (Wildman–Crippen MR) is 218 cm³/mol. The number of esters is 1. The van der Waals surface area contributed by atoms with Gasteiger partial charge in [0, 0.05) is 18.5 Å². The molecule has 0 aliphatic heterocycles. The van der Waals surface area contributed by atoms with Crippen molar-refractivity contribution in [3.63, 3.8) is 0 Å². The number of carbonyl (C=O) groups is 1. The smallest absolute Gasteiger partial charge is 0.389 e. The van der Waals surface area contributed by atoms with E-state index in [2.05, 4.69) is 22.7 Å². The Morgan fingerprint density at radius 2 is 1.66 bits per heavy atom. The Hall–Kier alpha value is -5.14. The van der Waals surface area contributed by atoms with E-state index < -0.39 is 24.4 Å². The van der Waals surface area contributed by atoms with E-state index in [1.165, 1.54) is 34.7 Å². The summed E-state index contributed by atoms with van der Waals surface area (Å²) >= 11 is 5.58. The second kappa shape index (κ2) is 19.1. The molecule has 1 heterocycles. The van der Waals surface area contributed by atoms with Crippen LogP contribution in [0.5, 0.6) is 17.2 Å². The Morgan fingerprint density at radius 3 is 2.46 bits per heavy atom. The van der Waals surface area contributed by atoms with Crippen molar-refractivity contribution >= 4 is 62.3 Å². The first kappa shape index (κ1) is 40.5. The van der Waals surface area contributed by atoms with Crippen LogP contribution < -0.4 is 19.2 Å². The minimum Gasteiger partial charge on any atom is -0.494 e. The van der Waals surface area contributed by atoms with E-state index in [4.69, 9.17) is 14.2 Å². The Balaban J connectivity index is 1.08. The Morgan fingerprint density at radius 1 is 0.875 bits per heavy atom. The molecule has 13 heteroatoms. The van der Waals surface area contributed by atoms with Crippen molar-refractivity contribution in [2.45, 2.75) is 58.2 Å². The zero-order valence-electron chi connectivity index (χ0n) is 30.7. The Bertz CT molecular complexity index is 2260. The van der Waals surface area contributed by atoms with E-state index in [1.807, 2.05) is 61.5 Å². The highest BCUT2D eigenvalue weighted by atomic mass is 32.1. The molecule has 1 aromatic heterocycles. The van der Waals surface area contributed by atoms with Crippen molar-refractivity contribution in [2.24, 2.45) is 5.10 Å². The zero-order valence-corrected chi connectivity index (χ0v) is 32.4. The van der Waals surface area contributed by atoms with Crippen LogP contribution in [0, 0.1) is 12.7 Å². The molecule has 0 aliphatic rings. The third-order valence-electron chi connectivity index (χ3n) is 8.80. The molecule has 6 rings (SSSR count). The van der Waals surface area contributed by atoms with Crippen LogP contribution in [0.2, 0.25) is 0 Å². The maximum Gasteiger partial charge on any atom is 0.389 e. The van der Waals surface area contributed by atoms with Crippen molar-refractivity contribution in [3.05, 3.63) is 125 Å². The number of thiazole rings is 1. The van der Waals surface area contributed by atoms with Crippen LogP contribution in [-0.4, -0.2) is 42.2 Å². The SMILES string of the molecule is Cc1ccc(OCc2ccc(OC(=O)c3ccc4cc(OCCCCCCS)ccc4c3)c(F)c2)c(/C=N/N(CCCC(F)(F)F)c2nc3ccccc3s2)c1. The average molecular weight is 804 g/mol. The van der Waals surface area contributed by atoms with Crippen LogP contribution in [-0.2, 0) is 6.61 Å². The fourth-order valence-corrected chi connectivity index (χ4v) is 7.04. The van der Waals surface area contributed by atoms with Crippen LogP contribution in [0.1, 0.15) is 65.6 Å². The van der Waals surface area contributed by atoms with Crippen LogP contribution in [0.3, 0.4) is 0 Å². The summed E-state index contributed by atoms with van der Waals surface area (Å²) in [5.74, 6) is 0.434. The molecule has 0 atom stereocenters. The lowest BCUT2D eigenvalue weighted by Crippen LogP contribution is -2.20. The number of ether oxygens (including phenoxy) is 3. The first-order valence-corrected chi connectivity index (χ1v) is 19.7. The molecule has 0 N–H and O–H groups in total. The lowest BCUT2D eigenvalue weighted by molar-refractivity contribution is -0.135. The number of thiol groups is 1. The molecular weight excluding hydrogens is 763 g/mol. The Labute approximate surface area is 332 Å². The fourth-order valence-electron chi connectivity index (χ4n) is 5.87. The number of rotatable bonds is 18. The monoisotopic (exact) mass is 803 g/mol. The number of para-hydroxylation sites is 1. The van der Waals surface area contributed by atoms with Crippen molar-refractivity contribution in [3.8, 4) is 17.2 Å². The van der Waals surface area contributed by atoms with E-state index in [9.17, 15) is 18.0 Å². The van der Waals surface area contributed by atoms with E-state index in [-0.39, 0.29) is 30.9 Å². The molecule has 0 amide bonds. The van der Waals surface area contributed by atoms with Gasteiger partial charge in [-0.15, -0.1) is 0 Å². The van der Waals surface area contributed by atoms with Gasteiger partial charge in [0.25, 0.3) is 0 Å². The van der Waals surface area contributed by atoms with Crippen molar-refractivity contribution in [2.75, 3.05) is 23.9 Å². The molecule has 0 radical (unpaired) electrons.